The van der Waals surface area contributed by atoms with Gasteiger partial charge in [-0.3, -0.25) is 14.9 Å². The number of carbonyl (C=O) groups excluding carboxylic acids is 1. The van der Waals surface area contributed by atoms with Gasteiger partial charge in [0.25, 0.3) is 5.91 Å². The Morgan fingerprint density at radius 2 is 2.00 bits per heavy atom. The topological polar surface area (TPSA) is 83.7 Å². The van der Waals surface area contributed by atoms with E-state index in [2.05, 4.69) is 0 Å². The van der Waals surface area contributed by atoms with Gasteiger partial charge >= 0.3 is 5.69 Å². The fraction of sp³-hybridized carbons (Fsp3) is 0.167. The minimum Gasteiger partial charge on any atom is -0.502 e. The highest BCUT2D eigenvalue weighted by atomic mass is 16.6. The highest BCUT2D eigenvalue weighted by Gasteiger charge is 2.31. The second-order valence-corrected chi connectivity index (χ2v) is 5.54. The number of nitro groups is 1. The Morgan fingerprint density at radius 3 is 2.71 bits per heavy atom. The number of nitrogens with zero attached hydrogens (tertiary/aromatic N) is 2. The molecule has 0 fully saturated rings. The number of phenols is 1. The summed E-state index contributed by atoms with van der Waals surface area (Å²) < 4.78 is 0. The Bertz CT molecular complexity index is 858. The molecule has 0 saturated heterocycles. The zero-order valence-corrected chi connectivity index (χ0v) is 13.1. The third-order valence-electron chi connectivity index (χ3n) is 3.91. The first kappa shape index (κ1) is 15.7. The summed E-state index contributed by atoms with van der Waals surface area (Å²) in [5, 5.41) is 20.5. The third-order valence-corrected chi connectivity index (χ3v) is 3.91. The van der Waals surface area contributed by atoms with Crippen molar-refractivity contribution in [2.45, 2.75) is 13.3 Å². The van der Waals surface area contributed by atoms with E-state index in [1.165, 1.54) is 12.1 Å². The van der Waals surface area contributed by atoms with E-state index >= 15 is 0 Å². The molecule has 3 rings (SSSR count). The van der Waals surface area contributed by atoms with Crippen molar-refractivity contribution >= 4 is 28.9 Å². The van der Waals surface area contributed by atoms with E-state index in [1.54, 1.807) is 17.0 Å². The molecule has 2 aromatic rings. The molecule has 0 bridgehead atoms. The average molecular weight is 324 g/mol. The van der Waals surface area contributed by atoms with Gasteiger partial charge in [0.2, 0.25) is 0 Å². The molecule has 0 spiro atoms. The largest absolute Gasteiger partial charge is 0.502 e. The second-order valence-electron chi connectivity index (χ2n) is 5.54. The van der Waals surface area contributed by atoms with Gasteiger partial charge in [0.15, 0.2) is 5.75 Å². The fourth-order valence-electron chi connectivity index (χ4n) is 2.84. The number of fused-ring (bicyclic) bond motifs is 1. The first-order chi connectivity index (χ1) is 11.5. The predicted molar refractivity (Wildman–Crippen MR) is 91.7 cm³/mol. The molecule has 6 heteroatoms. The van der Waals surface area contributed by atoms with Gasteiger partial charge in [-0.15, -0.1) is 0 Å². The third kappa shape index (κ3) is 2.62. The summed E-state index contributed by atoms with van der Waals surface area (Å²) in [4.78, 5) is 24.7. The Morgan fingerprint density at radius 1 is 1.25 bits per heavy atom. The van der Waals surface area contributed by atoms with Gasteiger partial charge in [-0.1, -0.05) is 31.2 Å². The van der Waals surface area contributed by atoms with Crippen LogP contribution in [0.5, 0.6) is 5.75 Å². The molecule has 0 aliphatic carbocycles. The SMILES string of the molecule is CCCN1C(=O)/C(=C\c2ccc(O)c([N+](=O)[O-])c2)c2ccccc21. The van der Waals surface area contributed by atoms with Crippen LogP contribution in [0.15, 0.2) is 42.5 Å². The van der Waals surface area contributed by atoms with Crippen LogP contribution < -0.4 is 4.90 Å². The highest BCUT2D eigenvalue weighted by Crippen LogP contribution is 2.38. The highest BCUT2D eigenvalue weighted by molar-refractivity contribution is 6.35. The quantitative estimate of drug-likeness (QED) is 0.529. The predicted octanol–water partition coefficient (Wildman–Crippen LogP) is 3.60. The molecule has 24 heavy (non-hydrogen) atoms. The zero-order valence-electron chi connectivity index (χ0n) is 13.1. The standard InChI is InChI=1S/C18H16N2O4/c1-2-9-19-15-6-4-3-5-13(15)14(18(19)22)10-12-7-8-17(21)16(11-12)20(23)24/h3-8,10-11,21H,2,9H2,1H3/b14-10-. The number of hydrogen-bond acceptors (Lipinski definition) is 4. The van der Waals surface area contributed by atoms with E-state index in [1.807, 2.05) is 31.2 Å². The molecule has 1 amide bonds. The lowest BCUT2D eigenvalue weighted by Crippen LogP contribution is -2.26. The molecule has 1 aliphatic rings. The van der Waals surface area contributed by atoms with E-state index in [-0.39, 0.29) is 11.6 Å². The Hall–Kier alpha value is -3.15. The molecule has 1 aliphatic heterocycles. The number of aromatic hydroxyl groups is 1. The van der Waals surface area contributed by atoms with E-state index < -0.39 is 10.7 Å². The lowest BCUT2D eigenvalue weighted by Gasteiger charge is -2.15. The summed E-state index contributed by atoms with van der Waals surface area (Å²) in [6.07, 6.45) is 2.46. The van der Waals surface area contributed by atoms with Crippen molar-refractivity contribution in [3.63, 3.8) is 0 Å². The van der Waals surface area contributed by atoms with Crippen molar-refractivity contribution in [1.29, 1.82) is 0 Å². The maximum atomic E-state index is 12.7. The number of carbonyl (C=O) groups is 1. The van der Waals surface area contributed by atoms with Crippen LogP contribution in [0, 0.1) is 10.1 Å². The minimum atomic E-state index is -0.648. The monoisotopic (exact) mass is 324 g/mol. The van der Waals surface area contributed by atoms with Crippen LogP contribution >= 0.6 is 0 Å². The van der Waals surface area contributed by atoms with Gasteiger partial charge in [-0.25, -0.2) is 0 Å². The number of benzene rings is 2. The number of hydrogen-bond donors (Lipinski definition) is 1. The molecule has 6 nitrogen and oxygen atoms in total. The second kappa shape index (κ2) is 6.16. The van der Waals surface area contributed by atoms with E-state index in [0.717, 1.165) is 17.7 Å². The molecule has 0 radical (unpaired) electrons. The maximum absolute atomic E-state index is 12.7. The van der Waals surface area contributed by atoms with Gasteiger partial charge in [0, 0.05) is 23.7 Å². The molecule has 122 valence electrons. The Balaban J connectivity index is 2.09. The van der Waals surface area contributed by atoms with Gasteiger partial charge < -0.3 is 10.0 Å². The van der Waals surface area contributed by atoms with Crippen molar-refractivity contribution in [2.24, 2.45) is 0 Å². The average Bonchev–Trinajstić information content (AvgIpc) is 2.82. The van der Waals surface area contributed by atoms with Gasteiger partial charge in [-0.05, 0) is 30.2 Å². The number of rotatable bonds is 4. The van der Waals surface area contributed by atoms with Crippen LogP contribution in [0.4, 0.5) is 11.4 Å². The van der Waals surface area contributed by atoms with E-state index in [4.69, 9.17) is 0 Å². The van der Waals surface area contributed by atoms with Crippen molar-refractivity contribution in [2.75, 3.05) is 11.4 Å². The number of nitro benzene ring substituents is 1. The normalized spacial score (nSPS) is 15.0. The van der Waals surface area contributed by atoms with Crippen molar-refractivity contribution in [1.82, 2.24) is 0 Å². The van der Waals surface area contributed by atoms with E-state index in [0.29, 0.717) is 17.7 Å². The molecule has 0 atom stereocenters. The molecule has 0 saturated carbocycles. The summed E-state index contributed by atoms with van der Waals surface area (Å²) in [5.41, 5.74) is 2.28. The summed E-state index contributed by atoms with van der Waals surface area (Å²) >= 11 is 0. The fourth-order valence-corrected chi connectivity index (χ4v) is 2.84. The number of anilines is 1. The van der Waals surface area contributed by atoms with Gasteiger partial charge in [0.05, 0.1) is 10.6 Å². The number of para-hydroxylation sites is 1. The van der Waals surface area contributed by atoms with Crippen molar-refractivity contribution < 1.29 is 14.8 Å². The first-order valence-corrected chi connectivity index (χ1v) is 7.63. The van der Waals surface area contributed by atoms with Gasteiger partial charge in [-0.2, -0.15) is 0 Å². The van der Waals surface area contributed by atoms with Crippen LogP contribution in [0.1, 0.15) is 24.5 Å². The minimum absolute atomic E-state index is 0.117. The van der Waals surface area contributed by atoms with Crippen LogP contribution in [-0.4, -0.2) is 22.5 Å². The Kier molecular flexibility index (Phi) is 4.04. The molecule has 2 aromatic carbocycles. The molecule has 1 N–H and O–H groups in total. The number of phenolic OH excluding ortho intramolecular Hbond substituents is 1. The summed E-state index contributed by atoms with van der Waals surface area (Å²) in [7, 11) is 0. The summed E-state index contributed by atoms with van der Waals surface area (Å²) in [5.74, 6) is -0.512. The zero-order chi connectivity index (χ0) is 17.3. The van der Waals surface area contributed by atoms with Crippen molar-refractivity contribution in [3.05, 3.63) is 63.7 Å². The molecule has 1 heterocycles. The molecule has 0 unspecified atom stereocenters. The summed E-state index contributed by atoms with van der Waals surface area (Å²) in [6, 6.07) is 11.6. The molecular weight excluding hydrogens is 308 g/mol. The van der Waals surface area contributed by atoms with Crippen LogP contribution in [-0.2, 0) is 4.79 Å². The van der Waals surface area contributed by atoms with Crippen LogP contribution in [0.3, 0.4) is 0 Å². The van der Waals surface area contributed by atoms with Crippen LogP contribution in [0.2, 0.25) is 0 Å². The lowest BCUT2D eigenvalue weighted by molar-refractivity contribution is -0.385. The number of amides is 1. The van der Waals surface area contributed by atoms with Crippen LogP contribution in [0.25, 0.3) is 11.6 Å². The lowest BCUT2D eigenvalue weighted by atomic mass is 10.0. The summed E-state index contributed by atoms with van der Waals surface area (Å²) in [6.45, 7) is 2.61. The maximum Gasteiger partial charge on any atom is 0.311 e. The first-order valence-electron chi connectivity index (χ1n) is 7.63. The van der Waals surface area contributed by atoms with E-state index in [9.17, 15) is 20.0 Å². The Labute approximate surface area is 138 Å². The molecule has 0 aromatic heterocycles. The molecular formula is C18H16N2O4. The smallest absolute Gasteiger partial charge is 0.311 e. The van der Waals surface area contributed by atoms with Crippen molar-refractivity contribution in [3.8, 4) is 5.75 Å². The van der Waals surface area contributed by atoms with Gasteiger partial charge in [0.1, 0.15) is 0 Å².